The highest BCUT2D eigenvalue weighted by molar-refractivity contribution is 7.89. The number of nitro benzene ring substituents is 1. The zero-order chi connectivity index (χ0) is 22.6. The number of rotatable bonds is 7. The number of hydrogen-bond acceptors (Lipinski definition) is 8. The molecule has 1 fully saturated rings. The lowest BCUT2D eigenvalue weighted by Gasteiger charge is -2.15. The second-order valence-corrected chi connectivity index (χ2v) is 8.73. The van der Waals surface area contributed by atoms with Crippen LogP contribution in [0.4, 0.5) is 17.1 Å². The van der Waals surface area contributed by atoms with E-state index in [4.69, 9.17) is 10.5 Å². The first-order valence-corrected chi connectivity index (χ1v) is 10.7. The Morgan fingerprint density at radius 3 is 2.35 bits per heavy atom. The van der Waals surface area contributed by atoms with Crippen LogP contribution in [-0.2, 0) is 19.6 Å². The van der Waals surface area contributed by atoms with Crippen molar-refractivity contribution < 1.29 is 27.7 Å². The fourth-order valence-electron chi connectivity index (χ4n) is 3.04. The Morgan fingerprint density at radius 1 is 1.13 bits per heavy atom. The molecule has 1 amide bonds. The third kappa shape index (κ3) is 5.16. The Morgan fingerprint density at radius 2 is 1.77 bits per heavy atom. The molecule has 1 aliphatic rings. The van der Waals surface area contributed by atoms with Crippen LogP contribution in [0.2, 0.25) is 0 Å². The summed E-state index contributed by atoms with van der Waals surface area (Å²) in [5, 5.41) is 13.2. The van der Waals surface area contributed by atoms with Crippen LogP contribution >= 0.6 is 0 Å². The number of benzene rings is 2. The molecule has 1 aliphatic heterocycles. The Kier molecular flexibility index (Phi) is 6.51. The maximum absolute atomic E-state index is 12.5. The van der Waals surface area contributed by atoms with Gasteiger partial charge in [-0.2, -0.15) is 4.31 Å². The number of nitrogens with two attached hydrogens (primary N) is 1. The van der Waals surface area contributed by atoms with Crippen LogP contribution in [0.3, 0.4) is 0 Å². The molecule has 2 aromatic carbocycles. The molecule has 1 saturated heterocycles. The molecule has 164 valence electrons. The first-order chi connectivity index (χ1) is 14.7. The van der Waals surface area contributed by atoms with Gasteiger partial charge in [0.15, 0.2) is 6.61 Å². The SMILES string of the molecule is Nc1cc([N+](=O)[O-])ccc1C(=O)OCC(=O)Nc1ccc(S(=O)(=O)N2CCCC2)cc1. The van der Waals surface area contributed by atoms with Crippen LogP contribution in [0.5, 0.6) is 0 Å². The highest BCUT2D eigenvalue weighted by Crippen LogP contribution is 2.23. The molecule has 0 atom stereocenters. The predicted octanol–water partition coefficient (Wildman–Crippen LogP) is 1.76. The molecular weight excluding hydrogens is 428 g/mol. The van der Waals surface area contributed by atoms with E-state index in [1.54, 1.807) is 0 Å². The summed E-state index contributed by atoms with van der Waals surface area (Å²) in [5.74, 6) is -1.56. The standard InChI is InChI=1S/C19H20N4O7S/c20-17-11-14(23(26)27)5-8-16(17)19(25)30-12-18(24)21-13-3-6-15(7-4-13)31(28,29)22-9-1-2-10-22/h3-8,11H,1-2,9-10,12,20H2,(H,21,24). The Hall–Kier alpha value is -3.51. The quantitative estimate of drug-likeness (QED) is 0.280. The third-order valence-corrected chi connectivity index (χ3v) is 6.55. The number of amides is 1. The highest BCUT2D eigenvalue weighted by Gasteiger charge is 2.27. The van der Waals surface area contributed by atoms with E-state index in [9.17, 15) is 28.1 Å². The van der Waals surface area contributed by atoms with Crippen LogP contribution in [-0.4, -0.2) is 49.2 Å². The van der Waals surface area contributed by atoms with Gasteiger partial charge in [-0.1, -0.05) is 0 Å². The van der Waals surface area contributed by atoms with Gasteiger partial charge in [-0.05, 0) is 43.2 Å². The van der Waals surface area contributed by atoms with Gasteiger partial charge in [0, 0.05) is 30.9 Å². The van der Waals surface area contributed by atoms with Crippen LogP contribution in [0.1, 0.15) is 23.2 Å². The summed E-state index contributed by atoms with van der Waals surface area (Å²) in [7, 11) is -3.55. The first-order valence-electron chi connectivity index (χ1n) is 9.29. The second-order valence-electron chi connectivity index (χ2n) is 6.79. The molecule has 31 heavy (non-hydrogen) atoms. The van der Waals surface area contributed by atoms with E-state index < -0.39 is 33.4 Å². The fraction of sp³-hybridized carbons (Fsp3) is 0.263. The van der Waals surface area contributed by atoms with E-state index in [-0.39, 0.29) is 21.8 Å². The molecule has 3 rings (SSSR count). The number of hydrogen-bond donors (Lipinski definition) is 2. The molecule has 12 heteroatoms. The number of esters is 1. The van der Waals surface area contributed by atoms with Gasteiger partial charge in [-0.25, -0.2) is 13.2 Å². The predicted molar refractivity (Wildman–Crippen MR) is 111 cm³/mol. The Labute approximate surface area is 178 Å². The smallest absolute Gasteiger partial charge is 0.340 e. The Bertz CT molecular complexity index is 1110. The summed E-state index contributed by atoms with van der Waals surface area (Å²) in [4.78, 5) is 34.3. The van der Waals surface area contributed by atoms with Gasteiger partial charge >= 0.3 is 5.97 Å². The van der Waals surface area contributed by atoms with Crippen molar-refractivity contribution >= 4 is 39.0 Å². The van der Waals surface area contributed by atoms with E-state index in [0.29, 0.717) is 18.8 Å². The number of nitro groups is 1. The highest BCUT2D eigenvalue weighted by atomic mass is 32.2. The van der Waals surface area contributed by atoms with Gasteiger partial charge in [0.25, 0.3) is 11.6 Å². The average molecular weight is 448 g/mol. The van der Waals surface area contributed by atoms with Crippen LogP contribution < -0.4 is 11.1 Å². The molecule has 0 radical (unpaired) electrons. The number of carbonyl (C=O) groups excluding carboxylic acids is 2. The molecule has 2 aromatic rings. The van der Waals surface area contributed by atoms with E-state index in [1.165, 1.54) is 28.6 Å². The van der Waals surface area contributed by atoms with Gasteiger partial charge < -0.3 is 15.8 Å². The van der Waals surface area contributed by atoms with Crippen molar-refractivity contribution in [1.29, 1.82) is 0 Å². The molecule has 1 heterocycles. The number of nitrogen functional groups attached to an aromatic ring is 1. The normalized spacial score (nSPS) is 14.2. The lowest BCUT2D eigenvalue weighted by molar-refractivity contribution is -0.384. The fourth-order valence-corrected chi connectivity index (χ4v) is 4.56. The third-order valence-electron chi connectivity index (χ3n) is 4.64. The maximum atomic E-state index is 12.5. The maximum Gasteiger partial charge on any atom is 0.340 e. The van der Waals surface area contributed by atoms with E-state index in [2.05, 4.69) is 5.32 Å². The van der Waals surface area contributed by atoms with Crippen molar-refractivity contribution in [2.75, 3.05) is 30.7 Å². The zero-order valence-corrected chi connectivity index (χ0v) is 17.1. The summed E-state index contributed by atoms with van der Waals surface area (Å²) in [6.07, 6.45) is 1.66. The van der Waals surface area contributed by atoms with E-state index in [0.717, 1.165) is 31.0 Å². The van der Waals surface area contributed by atoms with Crippen molar-refractivity contribution in [2.45, 2.75) is 17.7 Å². The van der Waals surface area contributed by atoms with E-state index in [1.807, 2.05) is 0 Å². The van der Waals surface area contributed by atoms with Gasteiger partial charge in [0.05, 0.1) is 21.1 Å². The van der Waals surface area contributed by atoms with Crippen LogP contribution in [0.15, 0.2) is 47.4 Å². The summed E-state index contributed by atoms with van der Waals surface area (Å²) >= 11 is 0. The molecule has 0 spiro atoms. The monoisotopic (exact) mass is 448 g/mol. The van der Waals surface area contributed by atoms with Crippen molar-refractivity contribution in [2.24, 2.45) is 0 Å². The van der Waals surface area contributed by atoms with Crippen LogP contribution in [0.25, 0.3) is 0 Å². The average Bonchev–Trinajstić information content (AvgIpc) is 3.28. The zero-order valence-electron chi connectivity index (χ0n) is 16.3. The minimum absolute atomic E-state index is 0.102. The minimum atomic E-state index is -3.55. The molecular formula is C19H20N4O7S. The largest absolute Gasteiger partial charge is 0.452 e. The summed E-state index contributed by atoms with van der Waals surface area (Å²) in [6, 6.07) is 8.94. The molecule has 0 aromatic heterocycles. The van der Waals surface area contributed by atoms with E-state index >= 15 is 0 Å². The van der Waals surface area contributed by atoms with Crippen LogP contribution in [0, 0.1) is 10.1 Å². The van der Waals surface area contributed by atoms with Crippen molar-refractivity contribution in [3.05, 3.63) is 58.1 Å². The molecule has 0 bridgehead atoms. The summed E-state index contributed by atoms with van der Waals surface area (Å²) < 4.78 is 31.3. The molecule has 11 nitrogen and oxygen atoms in total. The lowest BCUT2D eigenvalue weighted by Crippen LogP contribution is -2.27. The Balaban J connectivity index is 1.56. The number of nitrogens with one attached hydrogen (secondary N) is 1. The first kappa shape index (κ1) is 22.2. The molecule has 3 N–H and O–H groups in total. The van der Waals surface area contributed by atoms with Gasteiger partial charge in [-0.3, -0.25) is 14.9 Å². The van der Waals surface area contributed by atoms with Gasteiger partial charge in [-0.15, -0.1) is 0 Å². The number of carbonyl (C=O) groups is 2. The van der Waals surface area contributed by atoms with Crippen molar-refractivity contribution in [3.8, 4) is 0 Å². The molecule has 0 aliphatic carbocycles. The number of sulfonamides is 1. The number of non-ortho nitro benzene ring substituents is 1. The van der Waals surface area contributed by atoms with Crippen molar-refractivity contribution in [1.82, 2.24) is 4.31 Å². The minimum Gasteiger partial charge on any atom is -0.452 e. The summed E-state index contributed by atoms with van der Waals surface area (Å²) in [5.41, 5.74) is 5.43. The topological polar surface area (TPSA) is 162 Å². The number of ether oxygens (including phenoxy) is 1. The summed E-state index contributed by atoms with van der Waals surface area (Å²) in [6.45, 7) is 0.361. The number of nitrogens with zero attached hydrogens (tertiary/aromatic N) is 2. The lowest BCUT2D eigenvalue weighted by atomic mass is 10.1. The van der Waals surface area contributed by atoms with Gasteiger partial charge in [0.1, 0.15) is 0 Å². The van der Waals surface area contributed by atoms with Crippen molar-refractivity contribution in [3.63, 3.8) is 0 Å². The van der Waals surface area contributed by atoms with Gasteiger partial charge in [0.2, 0.25) is 10.0 Å². The second kappa shape index (κ2) is 9.10. The molecule has 0 unspecified atom stereocenters. The number of anilines is 2. The molecule has 0 saturated carbocycles.